The lowest BCUT2D eigenvalue weighted by atomic mass is 9.76. The van der Waals surface area contributed by atoms with Gasteiger partial charge in [0.15, 0.2) is 0 Å². The first-order valence-corrected chi connectivity index (χ1v) is 5.76. The molecule has 0 radical (unpaired) electrons. The lowest BCUT2D eigenvalue weighted by Crippen LogP contribution is -2.39. The fourth-order valence-corrected chi connectivity index (χ4v) is 2.30. The molecule has 0 unspecified atom stereocenters. The highest BCUT2D eigenvalue weighted by molar-refractivity contribution is 6.30. The first kappa shape index (κ1) is 10.9. The molecule has 3 heteroatoms. The van der Waals surface area contributed by atoms with E-state index in [1.54, 1.807) is 6.07 Å². The maximum atomic E-state index is 12.9. The molecule has 15 heavy (non-hydrogen) atoms. The number of hydrogen-bond acceptors (Lipinski definition) is 1. The Morgan fingerprint density at radius 3 is 2.80 bits per heavy atom. The van der Waals surface area contributed by atoms with Gasteiger partial charge in [-0.3, -0.25) is 0 Å². The Balaban J connectivity index is 1.98. The minimum atomic E-state index is -0.331. The van der Waals surface area contributed by atoms with Crippen molar-refractivity contribution < 1.29 is 4.39 Å². The van der Waals surface area contributed by atoms with Crippen molar-refractivity contribution >= 4 is 11.6 Å². The Morgan fingerprint density at radius 2 is 2.20 bits per heavy atom. The monoisotopic (exact) mass is 227 g/mol. The molecule has 1 aromatic carbocycles. The molecule has 0 aromatic heterocycles. The molecule has 82 valence electrons. The molecule has 0 aliphatic heterocycles. The predicted octanol–water partition coefficient (Wildman–Crippen LogP) is 3.33. The van der Waals surface area contributed by atoms with Gasteiger partial charge in [-0.25, -0.2) is 4.39 Å². The van der Waals surface area contributed by atoms with E-state index in [9.17, 15) is 4.39 Å². The highest BCUT2D eigenvalue weighted by Gasteiger charge is 2.29. The van der Waals surface area contributed by atoms with Crippen molar-refractivity contribution in [2.75, 3.05) is 6.54 Å². The van der Waals surface area contributed by atoms with E-state index in [0.29, 0.717) is 12.0 Å². The van der Waals surface area contributed by atoms with Crippen LogP contribution in [0.1, 0.15) is 31.2 Å². The van der Waals surface area contributed by atoms with Gasteiger partial charge >= 0.3 is 0 Å². The van der Waals surface area contributed by atoms with Gasteiger partial charge in [0.1, 0.15) is 5.82 Å². The summed E-state index contributed by atoms with van der Waals surface area (Å²) in [5.41, 5.74) is 1.16. The normalized spacial score (nSPS) is 25.0. The van der Waals surface area contributed by atoms with Crippen LogP contribution in [0.4, 0.5) is 4.39 Å². The highest BCUT2D eigenvalue weighted by atomic mass is 35.5. The van der Waals surface area contributed by atoms with Gasteiger partial charge in [-0.15, -0.1) is 0 Å². The molecule has 0 spiro atoms. The van der Waals surface area contributed by atoms with Crippen LogP contribution < -0.4 is 5.32 Å². The molecule has 0 atom stereocenters. The second-order valence-corrected chi connectivity index (χ2v) is 4.50. The van der Waals surface area contributed by atoms with Gasteiger partial charge < -0.3 is 5.32 Å². The van der Waals surface area contributed by atoms with Crippen molar-refractivity contribution in [2.24, 2.45) is 0 Å². The van der Waals surface area contributed by atoms with Crippen molar-refractivity contribution in [2.45, 2.75) is 31.7 Å². The summed E-state index contributed by atoms with van der Waals surface area (Å²) in [4.78, 5) is 0. The van der Waals surface area contributed by atoms with Crippen molar-refractivity contribution in [3.05, 3.63) is 34.6 Å². The van der Waals surface area contributed by atoms with Crippen LogP contribution in [0.25, 0.3) is 0 Å². The van der Waals surface area contributed by atoms with E-state index in [4.69, 9.17) is 11.6 Å². The van der Waals surface area contributed by atoms with Crippen molar-refractivity contribution in [1.82, 2.24) is 5.32 Å². The Labute approximate surface area is 94.6 Å². The summed E-state index contributed by atoms with van der Waals surface area (Å²) in [5, 5.41) is 3.64. The molecule has 0 heterocycles. The third-order valence-corrected chi connectivity index (χ3v) is 3.34. The minimum absolute atomic E-state index is 0.236. The van der Waals surface area contributed by atoms with E-state index in [1.807, 2.05) is 6.07 Å². The molecule has 1 N–H and O–H groups in total. The molecule has 1 aromatic rings. The zero-order valence-electron chi connectivity index (χ0n) is 8.76. The quantitative estimate of drug-likeness (QED) is 0.835. The van der Waals surface area contributed by atoms with E-state index < -0.39 is 0 Å². The van der Waals surface area contributed by atoms with E-state index >= 15 is 0 Å². The Kier molecular flexibility index (Phi) is 3.27. The summed E-state index contributed by atoms with van der Waals surface area (Å²) >= 11 is 5.75. The first-order valence-electron chi connectivity index (χ1n) is 5.39. The predicted molar refractivity (Wildman–Crippen MR) is 60.8 cm³/mol. The molecule has 0 amide bonds. The van der Waals surface area contributed by atoms with Crippen LogP contribution in [-0.4, -0.2) is 12.6 Å². The number of hydrogen-bond donors (Lipinski definition) is 1. The summed E-state index contributed by atoms with van der Waals surface area (Å²) in [7, 11) is 0. The van der Waals surface area contributed by atoms with Crippen LogP contribution >= 0.6 is 11.6 Å². The minimum Gasteiger partial charge on any atom is -0.314 e. The highest BCUT2D eigenvalue weighted by Crippen LogP contribution is 2.37. The van der Waals surface area contributed by atoms with Crippen LogP contribution in [0, 0.1) is 5.82 Å². The summed E-state index contributed by atoms with van der Waals surface area (Å²) in [5.74, 6) is 0.218. The zero-order chi connectivity index (χ0) is 10.8. The Bertz CT molecular complexity index is 347. The summed E-state index contributed by atoms with van der Waals surface area (Å²) in [6.45, 7) is 3.13. The summed E-state index contributed by atoms with van der Waals surface area (Å²) in [6.07, 6.45) is 2.27. The van der Waals surface area contributed by atoms with Gasteiger partial charge in [0.25, 0.3) is 0 Å². The van der Waals surface area contributed by atoms with E-state index in [1.165, 1.54) is 6.07 Å². The smallest absolute Gasteiger partial charge is 0.141 e. The maximum Gasteiger partial charge on any atom is 0.141 e. The maximum absolute atomic E-state index is 12.9. The molecule has 1 saturated carbocycles. The van der Waals surface area contributed by atoms with Gasteiger partial charge in [-0.05, 0) is 43.0 Å². The largest absolute Gasteiger partial charge is 0.314 e. The van der Waals surface area contributed by atoms with Crippen LogP contribution in [0.5, 0.6) is 0 Å². The summed E-state index contributed by atoms with van der Waals surface area (Å²) in [6, 6.07) is 5.68. The van der Waals surface area contributed by atoms with E-state index in [-0.39, 0.29) is 10.8 Å². The Hall–Kier alpha value is -0.600. The molecule has 0 bridgehead atoms. The number of rotatable bonds is 3. The molecular weight excluding hydrogens is 213 g/mol. The van der Waals surface area contributed by atoms with E-state index in [0.717, 1.165) is 24.9 Å². The molecule has 0 saturated heterocycles. The molecule has 2 rings (SSSR count). The first-order chi connectivity index (χ1) is 7.20. The average molecular weight is 228 g/mol. The van der Waals surface area contributed by atoms with Crippen LogP contribution in [0.15, 0.2) is 18.2 Å². The van der Waals surface area contributed by atoms with Crippen molar-refractivity contribution in [1.29, 1.82) is 0 Å². The van der Waals surface area contributed by atoms with Crippen LogP contribution in [0.2, 0.25) is 5.02 Å². The van der Waals surface area contributed by atoms with Gasteiger partial charge in [-0.2, -0.15) is 0 Å². The molecular formula is C12H15ClFN. The van der Waals surface area contributed by atoms with Gasteiger partial charge in [0.05, 0.1) is 5.02 Å². The second kappa shape index (κ2) is 4.50. The number of nitrogens with one attached hydrogen (secondary N) is 1. The fraction of sp³-hybridized carbons (Fsp3) is 0.500. The van der Waals surface area contributed by atoms with Gasteiger partial charge in [-0.1, -0.05) is 24.6 Å². The SMILES string of the molecule is CCNC1CC(c2ccc(F)c(Cl)c2)C1. The lowest BCUT2D eigenvalue weighted by Gasteiger charge is -2.36. The van der Waals surface area contributed by atoms with Crippen molar-refractivity contribution in [3.63, 3.8) is 0 Å². The van der Waals surface area contributed by atoms with Crippen molar-refractivity contribution in [3.8, 4) is 0 Å². The second-order valence-electron chi connectivity index (χ2n) is 4.10. The Morgan fingerprint density at radius 1 is 1.47 bits per heavy atom. The summed E-state index contributed by atoms with van der Waals surface area (Å²) < 4.78 is 12.9. The van der Waals surface area contributed by atoms with Crippen LogP contribution in [-0.2, 0) is 0 Å². The fourth-order valence-electron chi connectivity index (χ4n) is 2.11. The third kappa shape index (κ3) is 2.32. The standard InChI is InChI=1S/C12H15ClFN/c1-2-15-10-5-9(6-10)8-3-4-12(14)11(13)7-8/h3-4,7,9-10,15H,2,5-6H2,1H3. The molecule has 1 fully saturated rings. The zero-order valence-corrected chi connectivity index (χ0v) is 9.52. The number of halogens is 2. The van der Waals surface area contributed by atoms with Gasteiger partial charge in [0, 0.05) is 6.04 Å². The average Bonchev–Trinajstić information content (AvgIpc) is 2.16. The molecule has 1 nitrogen and oxygen atoms in total. The third-order valence-electron chi connectivity index (χ3n) is 3.05. The lowest BCUT2D eigenvalue weighted by molar-refractivity contribution is 0.296. The van der Waals surface area contributed by atoms with E-state index in [2.05, 4.69) is 12.2 Å². The topological polar surface area (TPSA) is 12.0 Å². The molecule has 1 aliphatic rings. The van der Waals surface area contributed by atoms with Crippen LogP contribution in [0.3, 0.4) is 0 Å². The number of benzene rings is 1. The molecule has 1 aliphatic carbocycles. The van der Waals surface area contributed by atoms with Gasteiger partial charge in [0.2, 0.25) is 0 Å².